The zero-order chi connectivity index (χ0) is 24.7. The van der Waals surface area contributed by atoms with Crippen molar-refractivity contribution in [2.24, 2.45) is 0 Å². The van der Waals surface area contributed by atoms with Gasteiger partial charge in [0.2, 0.25) is 0 Å². The average molecular weight is 474 g/mol. The van der Waals surface area contributed by atoms with Gasteiger partial charge in [-0.15, -0.1) is 0 Å². The van der Waals surface area contributed by atoms with Crippen molar-refractivity contribution in [3.63, 3.8) is 0 Å². The molecule has 3 aromatic heterocycles. The minimum atomic E-state index is -0.645. The minimum absolute atomic E-state index is 0.156. The zero-order valence-electron chi connectivity index (χ0n) is 20.2. The van der Waals surface area contributed by atoms with Crippen molar-refractivity contribution in [3.05, 3.63) is 52.9 Å². The molecule has 5 aromatic rings. The summed E-state index contributed by atoms with van der Waals surface area (Å²) in [6.07, 6.45) is 3.02. The molecule has 8 nitrogen and oxygen atoms in total. The number of amides is 1. The number of carbonyl (C=O) groups is 1. The van der Waals surface area contributed by atoms with Crippen LogP contribution in [0.5, 0.6) is 17.2 Å². The number of aromatic nitrogens is 2. The van der Waals surface area contributed by atoms with E-state index in [9.17, 15) is 9.59 Å². The molecule has 0 aliphatic rings. The van der Waals surface area contributed by atoms with E-state index >= 15 is 0 Å². The van der Waals surface area contributed by atoms with Crippen LogP contribution in [0.25, 0.3) is 38.1 Å². The van der Waals surface area contributed by atoms with E-state index in [0.717, 1.165) is 34.6 Å². The third-order valence-corrected chi connectivity index (χ3v) is 6.38. The van der Waals surface area contributed by atoms with Gasteiger partial charge in [-0.3, -0.25) is 19.0 Å². The second kappa shape index (κ2) is 8.94. The van der Waals surface area contributed by atoms with Crippen LogP contribution in [-0.2, 0) is 4.79 Å². The van der Waals surface area contributed by atoms with Crippen LogP contribution in [0.4, 0.5) is 0 Å². The summed E-state index contributed by atoms with van der Waals surface area (Å²) in [7, 11) is 3.06. The SMILES string of the molecule is CCCCNC(=O)[C@H](C)Oc1ccc2c(c1)c1ccnc3c4ccc(OC)c(OC)c4c(=O)n2c13. The van der Waals surface area contributed by atoms with E-state index < -0.39 is 6.10 Å². The number of hydrogen-bond acceptors (Lipinski definition) is 6. The Kier molecular flexibility index (Phi) is 5.80. The Bertz CT molecular complexity index is 1630. The monoisotopic (exact) mass is 473 g/mol. The van der Waals surface area contributed by atoms with Crippen LogP contribution in [0.1, 0.15) is 26.7 Å². The Hall–Kier alpha value is -4.07. The first-order valence-corrected chi connectivity index (χ1v) is 11.7. The Morgan fingerprint density at radius 2 is 1.91 bits per heavy atom. The van der Waals surface area contributed by atoms with E-state index in [0.29, 0.717) is 40.1 Å². The van der Waals surface area contributed by atoms with Crippen molar-refractivity contribution in [1.82, 2.24) is 14.7 Å². The summed E-state index contributed by atoms with van der Waals surface area (Å²) in [6.45, 7) is 4.43. The zero-order valence-corrected chi connectivity index (χ0v) is 20.2. The lowest BCUT2D eigenvalue weighted by atomic mass is 10.1. The van der Waals surface area contributed by atoms with E-state index in [-0.39, 0.29) is 11.5 Å². The smallest absolute Gasteiger partial charge is 0.267 e. The number of methoxy groups -OCH3 is 2. The van der Waals surface area contributed by atoms with Gasteiger partial charge in [0.05, 0.1) is 36.2 Å². The number of benzene rings is 2. The largest absolute Gasteiger partial charge is 0.493 e. The maximum atomic E-state index is 13.8. The number of fused-ring (bicyclic) bond motifs is 5. The molecular weight excluding hydrogens is 446 g/mol. The van der Waals surface area contributed by atoms with Crippen LogP contribution in [0.3, 0.4) is 0 Å². The normalized spacial score (nSPS) is 12.5. The average Bonchev–Trinajstić information content (AvgIpc) is 3.21. The van der Waals surface area contributed by atoms with Gasteiger partial charge in [-0.2, -0.15) is 0 Å². The summed E-state index contributed by atoms with van der Waals surface area (Å²) in [6, 6.07) is 11.0. The highest BCUT2D eigenvalue weighted by Crippen LogP contribution is 2.39. The number of pyridine rings is 2. The highest BCUT2D eigenvalue weighted by Gasteiger charge is 2.22. The first-order chi connectivity index (χ1) is 17.0. The summed E-state index contributed by atoms with van der Waals surface area (Å²) in [4.78, 5) is 30.8. The van der Waals surface area contributed by atoms with Crippen LogP contribution in [0, 0.1) is 0 Å². The molecule has 1 atom stereocenters. The number of carbonyl (C=O) groups excluding carboxylic acids is 1. The lowest BCUT2D eigenvalue weighted by molar-refractivity contribution is -0.127. The maximum absolute atomic E-state index is 13.8. The maximum Gasteiger partial charge on any atom is 0.267 e. The van der Waals surface area contributed by atoms with Gasteiger partial charge in [0, 0.05) is 28.9 Å². The summed E-state index contributed by atoms with van der Waals surface area (Å²) in [5, 5.41) is 5.72. The summed E-state index contributed by atoms with van der Waals surface area (Å²) >= 11 is 0. The number of hydrogen-bond donors (Lipinski definition) is 1. The van der Waals surface area contributed by atoms with Crippen molar-refractivity contribution in [1.29, 1.82) is 0 Å². The fourth-order valence-corrected chi connectivity index (χ4v) is 4.66. The number of ether oxygens (including phenoxy) is 3. The van der Waals surface area contributed by atoms with Crippen molar-refractivity contribution >= 4 is 44.0 Å². The predicted octanol–water partition coefficient (Wildman–Crippen LogP) is 4.29. The molecule has 0 radical (unpaired) electrons. The lowest BCUT2D eigenvalue weighted by Crippen LogP contribution is -2.36. The second-order valence-electron chi connectivity index (χ2n) is 8.50. The van der Waals surface area contributed by atoms with Gasteiger partial charge < -0.3 is 19.5 Å². The molecule has 0 spiro atoms. The number of rotatable bonds is 8. The summed E-state index contributed by atoms with van der Waals surface area (Å²) in [5.41, 5.74) is 1.94. The Morgan fingerprint density at radius 1 is 1.09 bits per heavy atom. The van der Waals surface area contributed by atoms with Gasteiger partial charge in [-0.25, -0.2) is 0 Å². The molecule has 5 rings (SSSR count). The Balaban J connectivity index is 1.69. The van der Waals surface area contributed by atoms with E-state index in [1.54, 1.807) is 36.8 Å². The quantitative estimate of drug-likeness (QED) is 0.267. The molecule has 0 saturated carbocycles. The van der Waals surface area contributed by atoms with Gasteiger partial charge in [0.15, 0.2) is 17.6 Å². The number of nitrogens with zero attached hydrogens (tertiary/aromatic N) is 2. The molecule has 0 aliphatic carbocycles. The third-order valence-electron chi connectivity index (χ3n) is 6.38. The molecule has 35 heavy (non-hydrogen) atoms. The highest BCUT2D eigenvalue weighted by atomic mass is 16.5. The van der Waals surface area contributed by atoms with Crippen molar-refractivity contribution in [2.45, 2.75) is 32.8 Å². The van der Waals surface area contributed by atoms with E-state index in [1.165, 1.54) is 7.11 Å². The van der Waals surface area contributed by atoms with Crippen molar-refractivity contribution < 1.29 is 19.0 Å². The van der Waals surface area contributed by atoms with E-state index in [4.69, 9.17) is 14.2 Å². The van der Waals surface area contributed by atoms with Crippen LogP contribution in [0.15, 0.2) is 47.4 Å². The molecule has 3 heterocycles. The Morgan fingerprint density at radius 3 is 2.66 bits per heavy atom. The molecule has 180 valence electrons. The fourth-order valence-electron chi connectivity index (χ4n) is 4.66. The van der Waals surface area contributed by atoms with Crippen LogP contribution < -0.4 is 25.1 Å². The van der Waals surface area contributed by atoms with Crippen molar-refractivity contribution in [2.75, 3.05) is 20.8 Å². The third kappa shape index (κ3) is 3.56. The minimum Gasteiger partial charge on any atom is -0.493 e. The van der Waals surface area contributed by atoms with Gasteiger partial charge in [-0.1, -0.05) is 13.3 Å². The standard InChI is InChI=1S/C27H27N3O5/c1-5-6-12-29-26(31)15(2)35-16-7-9-20-19(14-16)17-11-13-28-23-18-8-10-21(33-3)25(34-4)22(18)27(32)30(20)24(17)23/h7-11,13-15H,5-6,12H2,1-4H3,(H,29,31)/t15-/m0/s1. The molecule has 0 unspecified atom stereocenters. The van der Waals surface area contributed by atoms with Crippen LogP contribution in [-0.4, -0.2) is 42.2 Å². The molecule has 1 amide bonds. The fraction of sp³-hybridized carbons (Fsp3) is 0.296. The number of nitrogens with one attached hydrogen (secondary N) is 1. The molecule has 2 aromatic carbocycles. The van der Waals surface area contributed by atoms with Crippen LogP contribution >= 0.6 is 0 Å². The van der Waals surface area contributed by atoms with Gasteiger partial charge in [0.25, 0.3) is 11.5 Å². The molecule has 0 bridgehead atoms. The van der Waals surface area contributed by atoms with Gasteiger partial charge in [0.1, 0.15) is 5.75 Å². The lowest BCUT2D eigenvalue weighted by Gasteiger charge is -2.14. The van der Waals surface area contributed by atoms with Crippen LogP contribution in [0.2, 0.25) is 0 Å². The molecule has 0 saturated heterocycles. The second-order valence-corrected chi connectivity index (χ2v) is 8.50. The number of unbranched alkanes of at least 4 members (excludes halogenated alkanes) is 1. The summed E-state index contributed by atoms with van der Waals surface area (Å²) in [5.74, 6) is 1.26. The molecular formula is C27H27N3O5. The Labute approximate surface area is 201 Å². The molecule has 1 N–H and O–H groups in total. The first-order valence-electron chi connectivity index (χ1n) is 11.7. The van der Waals surface area contributed by atoms with Gasteiger partial charge >= 0.3 is 0 Å². The van der Waals surface area contributed by atoms with E-state index in [1.807, 2.05) is 24.3 Å². The molecule has 0 aliphatic heterocycles. The summed E-state index contributed by atoms with van der Waals surface area (Å²) < 4.78 is 18.6. The molecule has 0 fully saturated rings. The highest BCUT2D eigenvalue weighted by molar-refractivity contribution is 6.19. The van der Waals surface area contributed by atoms with Gasteiger partial charge in [-0.05, 0) is 49.7 Å². The molecule has 8 heteroatoms. The van der Waals surface area contributed by atoms with Crippen molar-refractivity contribution in [3.8, 4) is 17.2 Å². The first kappa shape index (κ1) is 22.7. The topological polar surface area (TPSA) is 91.2 Å². The predicted molar refractivity (Wildman–Crippen MR) is 136 cm³/mol. The van der Waals surface area contributed by atoms with E-state index in [2.05, 4.69) is 17.2 Å².